The molecule has 10 heteroatoms. The number of carbonyl (C=O) groups is 2. The molecule has 1 fully saturated rings. The van der Waals surface area contributed by atoms with Gasteiger partial charge in [-0.1, -0.05) is 6.07 Å². The molecule has 132 valence electrons. The van der Waals surface area contributed by atoms with Crippen LogP contribution in [0.1, 0.15) is 15.9 Å². The van der Waals surface area contributed by atoms with Crippen molar-refractivity contribution >= 4 is 11.9 Å². The summed E-state index contributed by atoms with van der Waals surface area (Å²) in [7, 11) is 0. The minimum atomic E-state index is -4.67. The summed E-state index contributed by atoms with van der Waals surface area (Å²) >= 11 is 0. The molecule has 3 N–H and O–H groups in total. The molecule has 0 bridgehead atoms. The number of rotatable bonds is 4. The van der Waals surface area contributed by atoms with E-state index in [9.17, 15) is 33.0 Å². The number of hydrogen-bond donors (Lipinski definition) is 3. The first-order chi connectivity index (χ1) is 11.1. The van der Waals surface area contributed by atoms with Gasteiger partial charge in [0.05, 0.1) is 17.7 Å². The first kappa shape index (κ1) is 18.2. The molecule has 0 unspecified atom stereocenters. The Morgan fingerprint density at radius 2 is 2.04 bits per heavy atom. The Labute approximate surface area is 133 Å². The van der Waals surface area contributed by atoms with Crippen molar-refractivity contribution in [1.82, 2.24) is 0 Å². The second kappa shape index (κ2) is 6.75. The van der Waals surface area contributed by atoms with Crippen LogP contribution in [0.2, 0.25) is 0 Å². The van der Waals surface area contributed by atoms with Gasteiger partial charge >= 0.3 is 18.1 Å². The number of hydrogen-bond acceptors (Lipinski definition) is 7. The topological polar surface area (TPSA) is 113 Å². The molecule has 7 nitrogen and oxygen atoms in total. The molecule has 1 aromatic carbocycles. The third-order valence-electron chi connectivity index (χ3n) is 3.36. The van der Waals surface area contributed by atoms with Crippen LogP contribution in [0, 0.1) is 0 Å². The lowest BCUT2D eigenvalue weighted by molar-refractivity contribution is -0.151. The van der Waals surface area contributed by atoms with Crippen LogP contribution in [0.3, 0.4) is 0 Å². The monoisotopic (exact) mass is 350 g/mol. The molecule has 2 rings (SSSR count). The largest absolute Gasteiger partial charge is 0.454 e. The van der Waals surface area contributed by atoms with Crippen LogP contribution < -0.4 is 0 Å². The summed E-state index contributed by atoms with van der Waals surface area (Å²) in [5.74, 6) is -2.46. The normalized spacial score (nSPS) is 25.2. The fourth-order valence-corrected chi connectivity index (χ4v) is 2.12. The predicted octanol–water partition coefficient (Wildman–Crippen LogP) is -0.130. The van der Waals surface area contributed by atoms with E-state index in [0.717, 1.165) is 18.2 Å². The van der Waals surface area contributed by atoms with Crippen molar-refractivity contribution in [2.75, 3.05) is 6.61 Å². The summed E-state index contributed by atoms with van der Waals surface area (Å²) in [6, 6.07) is 3.32. The van der Waals surface area contributed by atoms with Crippen LogP contribution in [0.5, 0.6) is 0 Å². The van der Waals surface area contributed by atoms with Crippen LogP contribution in [0.4, 0.5) is 13.2 Å². The molecule has 0 radical (unpaired) electrons. The number of halogens is 3. The Bertz CT molecular complexity index is 631. The molecular weight excluding hydrogens is 337 g/mol. The van der Waals surface area contributed by atoms with E-state index in [1.165, 1.54) is 0 Å². The minimum absolute atomic E-state index is 0.476. The van der Waals surface area contributed by atoms with Crippen molar-refractivity contribution in [3.05, 3.63) is 35.4 Å². The predicted molar refractivity (Wildman–Crippen MR) is 69.6 cm³/mol. The smallest absolute Gasteiger partial charge is 0.416 e. The van der Waals surface area contributed by atoms with Gasteiger partial charge in [-0.2, -0.15) is 13.2 Å². The van der Waals surface area contributed by atoms with Gasteiger partial charge in [-0.25, -0.2) is 9.59 Å². The minimum Gasteiger partial charge on any atom is -0.454 e. The van der Waals surface area contributed by atoms with E-state index in [1.807, 2.05) is 0 Å². The standard InChI is InChI=1S/C14H13F3O7/c15-14(16,17)7-3-1-2-6(4-7)12(21)24-11-9(20)10(8(19)5-18)23-13(11)22/h1-4,8-11,18-20H,5H2/t8-,9+,10+,11-/m1/s1. The number of carbonyl (C=O) groups excluding carboxylic acids is 2. The van der Waals surface area contributed by atoms with Gasteiger partial charge in [-0.15, -0.1) is 0 Å². The Morgan fingerprint density at radius 3 is 2.62 bits per heavy atom. The molecule has 0 amide bonds. The zero-order valence-corrected chi connectivity index (χ0v) is 11.9. The van der Waals surface area contributed by atoms with Crippen LogP contribution in [-0.4, -0.2) is 58.3 Å². The third-order valence-corrected chi connectivity index (χ3v) is 3.36. The maximum atomic E-state index is 12.6. The number of aliphatic hydroxyl groups excluding tert-OH is 3. The van der Waals surface area contributed by atoms with E-state index >= 15 is 0 Å². The highest BCUT2D eigenvalue weighted by molar-refractivity contribution is 5.92. The SMILES string of the molecule is O=C(O[C@H]1C(=O)O[C@@H]([C@H](O)CO)[C@@H]1O)c1cccc(C(F)(F)F)c1. The maximum Gasteiger partial charge on any atom is 0.416 e. The van der Waals surface area contributed by atoms with Gasteiger partial charge in [0.2, 0.25) is 6.10 Å². The summed E-state index contributed by atoms with van der Waals surface area (Å²) in [5, 5.41) is 28.0. The zero-order valence-electron chi connectivity index (χ0n) is 11.9. The Morgan fingerprint density at radius 1 is 1.38 bits per heavy atom. The van der Waals surface area contributed by atoms with Crippen LogP contribution >= 0.6 is 0 Å². The fraction of sp³-hybridized carbons (Fsp3) is 0.429. The zero-order chi connectivity index (χ0) is 18.1. The number of aliphatic hydroxyl groups is 3. The molecule has 0 spiro atoms. The quantitative estimate of drug-likeness (QED) is 0.648. The second-order valence-electron chi connectivity index (χ2n) is 5.05. The van der Waals surface area contributed by atoms with E-state index < -0.39 is 60.3 Å². The highest BCUT2D eigenvalue weighted by atomic mass is 19.4. The number of alkyl halides is 3. The highest BCUT2D eigenvalue weighted by Gasteiger charge is 2.49. The van der Waals surface area contributed by atoms with Crippen molar-refractivity contribution in [2.45, 2.75) is 30.6 Å². The van der Waals surface area contributed by atoms with Crippen molar-refractivity contribution in [3.63, 3.8) is 0 Å². The van der Waals surface area contributed by atoms with Gasteiger partial charge in [-0.3, -0.25) is 0 Å². The van der Waals surface area contributed by atoms with Crippen molar-refractivity contribution in [2.24, 2.45) is 0 Å². The summed E-state index contributed by atoms with van der Waals surface area (Å²) < 4.78 is 47.2. The number of ether oxygens (including phenoxy) is 2. The van der Waals surface area contributed by atoms with Crippen LogP contribution in [0.15, 0.2) is 24.3 Å². The van der Waals surface area contributed by atoms with Crippen molar-refractivity contribution in [3.8, 4) is 0 Å². The van der Waals surface area contributed by atoms with Gasteiger partial charge in [0.1, 0.15) is 12.2 Å². The first-order valence-electron chi connectivity index (χ1n) is 6.71. The average molecular weight is 350 g/mol. The van der Waals surface area contributed by atoms with Crippen LogP contribution in [-0.2, 0) is 20.4 Å². The van der Waals surface area contributed by atoms with E-state index in [1.54, 1.807) is 0 Å². The molecule has 1 aromatic rings. The molecule has 1 heterocycles. The van der Waals surface area contributed by atoms with Crippen molar-refractivity contribution < 1.29 is 47.6 Å². The van der Waals surface area contributed by atoms with Crippen molar-refractivity contribution in [1.29, 1.82) is 0 Å². The van der Waals surface area contributed by atoms with E-state index in [4.69, 9.17) is 9.84 Å². The van der Waals surface area contributed by atoms with Gasteiger partial charge in [0.15, 0.2) is 6.10 Å². The lowest BCUT2D eigenvalue weighted by Gasteiger charge is -2.19. The van der Waals surface area contributed by atoms with E-state index in [2.05, 4.69) is 4.74 Å². The molecule has 0 aliphatic carbocycles. The number of esters is 2. The Hall–Kier alpha value is -2.17. The van der Waals surface area contributed by atoms with E-state index in [-0.39, 0.29) is 0 Å². The molecule has 1 aliphatic rings. The first-order valence-corrected chi connectivity index (χ1v) is 6.71. The van der Waals surface area contributed by atoms with Crippen LogP contribution in [0.25, 0.3) is 0 Å². The lowest BCUT2D eigenvalue weighted by atomic mass is 10.1. The molecular formula is C14H13F3O7. The third kappa shape index (κ3) is 3.66. The molecule has 0 saturated carbocycles. The highest BCUT2D eigenvalue weighted by Crippen LogP contribution is 2.30. The molecule has 0 aromatic heterocycles. The van der Waals surface area contributed by atoms with Gasteiger partial charge in [-0.05, 0) is 18.2 Å². The Balaban J connectivity index is 2.14. The number of cyclic esters (lactones) is 1. The molecule has 4 atom stereocenters. The molecule has 1 aliphatic heterocycles. The average Bonchev–Trinajstić information content (AvgIpc) is 2.81. The summed E-state index contributed by atoms with van der Waals surface area (Å²) in [5.41, 5.74) is -1.56. The van der Waals surface area contributed by atoms with E-state index in [0.29, 0.717) is 6.07 Å². The Kier molecular flexibility index (Phi) is 5.11. The maximum absolute atomic E-state index is 12.6. The lowest BCUT2D eigenvalue weighted by Crippen LogP contribution is -2.42. The molecule has 1 saturated heterocycles. The summed E-state index contributed by atoms with van der Waals surface area (Å²) in [6.07, 6.45) is -11.4. The molecule has 24 heavy (non-hydrogen) atoms. The van der Waals surface area contributed by atoms with Gasteiger partial charge in [0.25, 0.3) is 0 Å². The fourth-order valence-electron chi connectivity index (χ4n) is 2.12. The summed E-state index contributed by atoms with van der Waals surface area (Å²) in [6.45, 7) is -0.816. The van der Waals surface area contributed by atoms with Gasteiger partial charge in [0, 0.05) is 0 Å². The second-order valence-corrected chi connectivity index (χ2v) is 5.05. The number of benzene rings is 1. The van der Waals surface area contributed by atoms with Gasteiger partial charge < -0.3 is 24.8 Å². The summed E-state index contributed by atoms with van der Waals surface area (Å²) in [4.78, 5) is 23.5.